The third-order valence-electron chi connectivity index (χ3n) is 6.25. The number of hydrogen-bond acceptors (Lipinski definition) is 7. The largest absolute Gasteiger partial charge is 0.492 e. The van der Waals surface area contributed by atoms with Crippen molar-refractivity contribution in [3.8, 4) is 28.5 Å². The standard InChI is InChI=1S/C23H25N5O4/c29-23(28-14-2-1-7-24-8-14)15-9-25-21-19(15)26-11-27-20(21)18-16(30-10-13-3-4-13)5-6-17-22(18)32-12-31-17/h5-6,9,11,13-14,24-25H,1-4,7-8,10,12H2,(H,28,29)/t14-/m1/s1. The van der Waals surface area contributed by atoms with Gasteiger partial charge in [0.2, 0.25) is 6.79 Å². The number of ether oxygens (including phenoxy) is 3. The third kappa shape index (κ3) is 3.52. The molecule has 4 heterocycles. The molecule has 2 aliphatic heterocycles. The van der Waals surface area contributed by atoms with E-state index < -0.39 is 0 Å². The third-order valence-corrected chi connectivity index (χ3v) is 6.25. The lowest BCUT2D eigenvalue weighted by Gasteiger charge is -2.23. The molecule has 3 aromatic rings. The first-order valence-electron chi connectivity index (χ1n) is 11.2. The second-order valence-electron chi connectivity index (χ2n) is 8.59. The number of rotatable bonds is 6. The number of fused-ring (bicyclic) bond motifs is 2. The molecule has 3 N–H and O–H groups in total. The number of nitrogens with zero attached hydrogens (tertiary/aromatic N) is 2. The molecule has 1 atom stereocenters. The molecule has 0 radical (unpaired) electrons. The Morgan fingerprint density at radius 1 is 1.22 bits per heavy atom. The number of benzene rings is 1. The van der Waals surface area contributed by atoms with Gasteiger partial charge in [-0.25, -0.2) is 9.97 Å². The zero-order chi connectivity index (χ0) is 21.5. The summed E-state index contributed by atoms with van der Waals surface area (Å²) < 4.78 is 17.5. The highest BCUT2D eigenvalue weighted by Crippen LogP contribution is 2.48. The van der Waals surface area contributed by atoms with Crippen molar-refractivity contribution in [3.63, 3.8) is 0 Å². The van der Waals surface area contributed by atoms with Gasteiger partial charge in [0.1, 0.15) is 23.3 Å². The lowest BCUT2D eigenvalue weighted by Crippen LogP contribution is -2.45. The summed E-state index contributed by atoms with van der Waals surface area (Å²) in [7, 11) is 0. The van der Waals surface area contributed by atoms with Crippen molar-refractivity contribution in [1.29, 1.82) is 0 Å². The molecule has 1 aliphatic carbocycles. The molecule has 166 valence electrons. The van der Waals surface area contributed by atoms with Gasteiger partial charge in [0.15, 0.2) is 11.5 Å². The average molecular weight is 435 g/mol. The molecule has 0 unspecified atom stereocenters. The number of aromatic amines is 1. The Kier molecular flexibility index (Phi) is 4.83. The Labute approximate surface area is 184 Å². The number of nitrogens with one attached hydrogen (secondary N) is 3. The van der Waals surface area contributed by atoms with Crippen molar-refractivity contribution in [3.05, 3.63) is 30.2 Å². The van der Waals surface area contributed by atoms with Crippen LogP contribution in [-0.4, -0.2) is 53.4 Å². The zero-order valence-corrected chi connectivity index (χ0v) is 17.6. The molecule has 1 saturated heterocycles. The van der Waals surface area contributed by atoms with E-state index in [0.29, 0.717) is 52.1 Å². The zero-order valence-electron chi connectivity index (χ0n) is 17.6. The van der Waals surface area contributed by atoms with Gasteiger partial charge in [-0.2, -0.15) is 0 Å². The summed E-state index contributed by atoms with van der Waals surface area (Å²) in [6, 6.07) is 3.87. The smallest absolute Gasteiger partial charge is 0.255 e. The summed E-state index contributed by atoms with van der Waals surface area (Å²) in [5.41, 5.74) is 3.08. The number of aromatic nitrogens is 3. The lowest BCUT2D eigenvalue weighted by atomic mass is 10.1. The second kappa shape index (κ2) is 7.98. The molecule has 9 nitrogen and oxygen atoms in total. The molecule has 2 aromatic heterocycles. The van der Waals surface area contributed by atoms with E-state index in [2.05, 4.69) is 25.6 Å². The molecule has 2 fully saturated rings. The average Bonchev–Trinajstić information content (AvgIpc) is 3.34. The first-order chi connectivity index (χ1) is 15.8. The fraction of sp³-hybridized carbons (Fsp3) is 0.435. The van der Waals surface area contributed by atoms with Crippen molar-refractivity contribution in [2.45, 2.75) is 31.7 Å². The number of hydrogen-bond donors (Lipinski definition) is 3. The molecule has 1 aromatic carbocycles. The molecule has 9 heteroatoms. The monoisotopic (exact) mass is 435 g/mol. The maximum absolute atomic E-state index is 13.0. The lowest BCUT2D eigenvalue weighted by molar-refractivity contribution is 0.0932. The topological polar surface area (TPSA) is 110 Å². The van der Waals surface area contributed by atoms with Crippen LogP contribution in [0, 0.1) is 5.92 Å². The summed E-state index contributed by atoms with van der Waals surface area (Å²) in [4.78, 5) is 25.2. The van der Waals surface area contributed by atoms with E-state index in [1.54, 1.807) is 6.20 Å². The van der Waals surface area contributed by atoms with Gasteiger partial charge in [-0.1, -0.05) is 0 Å². The van der Waals surface area contributed by atoms with Gasteiger partial charge < -0.3 is 29.8 Å². The summed E-state index contributed by atoms with van der Waals surface area (Å²) in [6.45, 7) is 2.59. The Morgan fingerprint density at radius 2 is 2.16 bits per heavy atom. The molecule has 0 spiro atoms. The normalized spacial score (nSPS) is 19.8. The van der Waals surface area contributed by atoms with E-state index in [0.717, 1.165) is 31.5 Å². The van der Waals surface area contributed by atoms with Gasteiger partial charge in [0, 0.05) is 18.8 Å². The Morgan fingerprint density at radius 3 is 3.00 bits per heavy atom. The quantitative estimate of drug-likeness (QED) is 0.546. The van der Waals surface area contributed by atoms with Crippen molar-refractivity contribution in [2.75, 3.05) is 26.5 Å². The van der Waals surface area contributed by atoms with Crippen molar-refractivity contribution >= 4 is 16.9 Å². The molecular formula is C23H25N5O4. The molecule has 0 bridgehead atoms. The molecule has 3 aliphatic rings. The Balaban J connectivity index is 1.38. The van der Waals surface area contributed by atoms with Crippen LogP contribution < -0.4 is 24.8 Å². The summed E-state index contributed by atoms with van der Waals surface area (Å²) in [5, 5.41) is 6.43. The number of carbonyl (C=O) groups is 1. The van der Waals surface area contributed by atoms with E-state index in [1.807, 2.05) is 12.1 Å². The van der Waals surface area contributed by atoms with Crippen molar-refractivity contribution in [2.24, 2.45) is 5.92 Å². The van der Waals surface area contributed by atoms with Crippen molar-refractivity contribution in [1.82, 2.24) is 25.6 Å². The second-order valence-corrected chi connectivity index (χ2v) is 8.59. The van der Waals surface area contributed by atoms with Gasteiger partial charge in [-0.3, -0.25) is 4.79 Å². The van der Waals surface area contributed by atoms with E-state index >= 15 is 0 Å². The van der Waals surface area contributed by atoms with E-state index in [1.165, 1.54) is 19.2 Å². The molecule has 6 rings (SSSR count). The van der Waals surface area contributed by atoms with Crippen molar-refractivity contribution < 1.29 is 19.0 Å². The predicted molar refractivity (Wildman–Crippen MR) is 117 cm³/mol. The SMILES string of the molecule is O=C(N[C@@H]1CCCNC1)c1c[nH]c2c(-c3c(OCC4CC4)ccc4c3OCO4)ncnc12. The predicted octanol–water partition coefficient (Wildman–Crippen LogP) is 2.62. The summed E-state index contributed by atoms with van der Waals surface area (Å²) >= 11 is 0. The Hall–Kier alpha value is -3.33. The van der Waals surface area contributed by atoms with Crippen LogP contribution in [0.25, 0.3) is 22.3 Å². The first kappa shape index (κ1) is 19.4. The molecule has 32 heavy (non-hydrogen) atoms. The number of H-pyrrole nitrogens is 1. The van der Waals surface area contributed by atoms with Gasteiger partial charge in [0.05, 0.1) is 23.3 Å². The highest BCUT2D eigenvalue weighted by Gasteiger charge is 2.29. The minimum absolute atomic E-state index is 0.118. The van der Waals surface area contributed by atoms with Crippen LogP contribution in [0.5, 0.6) is 17.2 Å². The number of piperidine rings is 1. The van der Waals surface area contributed by atoms with Crippen LogP contribution >= 0.6 is 0 Å². The van der Waals surface area contributed by atoms with Crippen LogP contribution in [0.3, 0.4) is 0 Å². The fourth-order valence-corrected chi connectivity index (χ4v) is 4.33. The maximum atomic E-state index is 13.0. The minimum Gasteiger partial charge on any atom is -0.492 e. The number of carbonyl (C=O) groups excluding carboxylic acids is 1. The van der Waals surface area contributed by atoms with Gasteiger partial charge in [0.25, 0.3) is 5.91 Å². The fourth-order valence-electron chi connectivity index (χ4n) is 4.33. The van der Waals surface area contributed by atoms with Gasteiger partial charge in [-0.05, 0) is 50.3 Å². The maximum Gasteiger partial charge on any atom is 0.255 e. The van der Waals surface area contributed by atoms with Crippen LogP contribution in [0.4, 0.5) is 0 Å². The highest BCUT2D eigenvalue weighted by molar-refractivity contribution is 6.08. The minimum atomic E-state index is -0.141. The highest BCUT2D eigenvalue weighted by atomic mass is 16.7. The number of amides is 1. The molecule has 1 amide bonds. The molecule has 1 saturated carbocycles. The van der Waals surface area contributed by atoms with E-state index in [-0.39, 0.29) is 18.7 Å². The first-order valence-corrected chi connectivity index (χ1v) is 11.2. The Bertz CT molecular complexity index is 1170. The van der Waals surface area contributed by atoms with Crippen LogP contribution in [0.15, 0.2) is 24.7 Å². The van der Waals surface area contributed by atoms with Crippen LogP contribution in [0.2, 0.25) is 0 Å². The van der Waals surface area contributed by atoms with E-state index in [4.69, 9.17) is 14.2 Å². The van der Waals surface area contributed by atoms with E-state index in [9.17, 15) is 4.79 Å². The summed E-state index contributed by atoms with van der Waals surface area (Å²) in [6.07, 6.45) is 7.59. The van der Waals surface area contributed by atoms with Gasteiger partial charge in [-0.15, -0.1) is 0 Å². The molecular weight excluding hydrogens is 410 g/mol. The summed E-state index contributed by atoms with van der Waals surface area (Å²) in [5.74, 6) is 2.41. The van der Waals surface area contributed by atoms with Crippen LogP contribution in [-0.2, 0) is 0 Å². The van der Waals surface area contributed by atoms with Gasteiger partial charge >= 0.3 is 0 Å². The van der Waals surface area contributed by atoms with Crippen LogP contribution in [0.1, 0.15) is 36.0 Å².